The molecule has 3 atom stereocenters. The van der Waals surface area contributed by atoms with E-state index < -0.39 is 5.60 Å². The fraction of sp³-hybridized carbons (Fsp3) is 0.667. The van der Waals surface area contributed by atoms with Crippen LogP contribution in [0.1, 0.15) is 53.0 Å². The lowest BCUT2D eigenvalue weighted by molar-refractivity contribution is -0.134. The third kappa shape index (κ3) is 7.34. The number of likely N-dealkylation sites (N-methyl/N-ethyl adjacent to an activating group) is 1. The SMILES string of the molecule is CCSC(C(C)C(=O)N(C)CCc1cccc(O)c1)C1CCCN1C(=O)OC(C)(C)C. The molecule has 0 saturated carbocycles. The number of phenols is 1. The van der Waals surface area contributed by atoms with Crippen LogP contribution in [0.5, 0.6) is 5.75 Å². The number of amides is 2. The monoisotopic (exact) mass is 450 g/mol. The lowest BCUT2D eigenvalue weighted by atomic mass is 9.97. The molecule has 31 heavy (non-hydrogen) atoms. The Morgan fingerprint density at radius 2 is 2.06 bits per heavy atom. The molecular weight excluding hydrogens is 412 g/mol. The molecule has 6 nitrogen and oxygen atoms in total. The van der Waals surface area contributed by atoms with E-state index in [1.165, 1.54) is 0 Å². The number of aromatic hydroxyl groups is 1. The Hall–Kier alpha value is -1.89. The van der Waals surface area contributed by atoms with E-state index in [4.69, 9.17) is 4.74 Å². The van der Waals surface area contributed by atoms with Crippen LogP contribution in [0.4, 0.5) is 4.79 Å². The number of hydrogen-bond acceptors (Lipinski definition) is 5. The van der Waals surface area contributed by atoms with Gasteiger partial charge in [0.1, 0.15) is 11.4 Å². The molecule has 0 aromatic heterocycles. The van der Waals surface area contributed by atoms with Gasteiger partial charge in [0.25, 0.3) is 0 Å². The van der Waals surface area contributed by atoms with Crippen molar-refractivity contribution in [3.63, 3.8) is 0 Å². The van der Waals surface area contributed by atoms with Crippen LogP contribution in [0.2, 0.25) is 0 Å². The van der Waals surface area contributed by atoms with Crippen LogP contribution in [-0.2, 0) is 16.0 Å². The van der Waals surface area contributed by atoms with Crippen LogP contribution in [0.25, 0.3) is 0 Å². The third-order valence-corrected chi connectivity index (χ3v) is 7.01. The highest BCUT2D eigenvalue weighted by Gasteiger charge is 2.41. The molecule has 1 fully saturated rings. The maximum atomic E-state index is 13.2. The third-order valence-electron chi connectivity index (χ3n) is 5.57. The number of carbonyl (C=O) groups is 2. The average molecular weight is 451 g/mol. The molecule has 0 spiro atoms. The first kappa shape index (κ1) is 25.4. The standard InChI is InChI=1S/C24H38N2O4S/c1-7-31-21(20-12-9-14-26(20)23(29)30-24(3,4)5)17(2)22(28)25(6)15-13-18-10-8-11-19(27)16-18/h8,10-11,16-17,20-21,27H,7,9,12-15H2,1-6H3. The van der Waals surface area contributed by atoms with Crippen LogP contribution in [0.3, 0.4) is 0 Å². The first-order valence-corrected chi connectivity index (χ1v) is 12.2. The number of ether oxygens (including phenoxy) is 1. The Bertz CT molecular complexity index is 749. The van der Waals surface area contributed by atoms with Gasteiger partial charge in [0.05, 0.1) is 0 Å². The zero-order valence-electron chi connectivity index (χ0n) is 19.8. The van der Waals surface area contributed by atoms with Crippen LogP contribution in [-0.4, -0.2) is 69.7 Å². The van der Waals surface area contributed by atoms with E-state index in [-0.39, 0.29) is 35.0 Å². The molecule has 1 heterocycles. The summed E-state index contributed by atoms with van der Waals surface area (Å²) in [6, 6.07) is 7.14. The summed E-state index contributed by atoms with van der Waals surface area (Å²) in [4.78, 5) is 29.6. The van der Waals surface area contributed by atoms with E-state index in [1.807, 2.05) is 51.8 Å². The number of thioether (sulfide) groups is 1. The van der Waals surface area contributed by atoms with Gasteiger partial charge in [-0.25, -0.2) is 4.79 Å². The summed E-state index contributed by atoms with van der Waals surface area (Å²) in [5, 5.41) is 9.67. The quantitative estimate of drug-likeness (QED) is 0.629. The van der Waals surface area contributed by atoms with Gasteiger partial charge in [-0.2, -0.15) is 11.8 Å². The molecule has 7 heteroatoms. The molecule has 174 valence electrons. The lowest BCUT2D eigenvalue weighted by Crippen LogP contribution is -2.49. The minimum absolute atomic E-state index is 0.00165. The van der Waals surface area contributed by atoms with Crippen molar-refractivity contribution in [3.05, 3.63) is 29.8 Å². The molecule has 1 aliphatic rings. The molecule has 2 rings (SSSR count). The Morgan fingerprint density at radius 3 is 2.68 bits per heavy atom. The lowest BCUT2D eigenvalue weighted by Gasteiger charge is -2.36. The summed E-state index contributed by atoms with van der Waals surface area (Å²) in [5.74, 6) is 0.991. The molecule has 2 amide bonds. The number of carbonyl (C=O) groups excluding carboxylic acids is 2. The number of benzene rings is 1. The summed E-state index contributed by atoms with van der Waals surface area (Å²) < 4.78 is 5.63. The summed E-state index contributed by atoms with van der Waals surface area (Å²) >= 11 is 1.75. The van der Waals surface area contributed by atoms with Crippen molar-refractivity contribution in [2.24, 2.45) is 5.92 Å². The fourth-order valence-electron chi connectivity index (χ4n) is 4.07. The molecule has 1 saturated heterocycles. The van der Waals surface area contributed by atoms with Crippen LogP contribution in [0, 0.1) is 5.92 Å². The largest absolute Gasteiger partial charge is 0.508 e. The van der Waals surface area contributed by atoms with Gasteiger partial charge in [-0.05, 0) is 63.5 Å². The highest BCUT2D eigenvalue weighted by Crippen LogP contribution is 2.34. The van der Waals surface area contributed by atoms with Gasteiger partial charge >= 0.3 is 6.09 Å². The molecule has 1 aromatic carbocycles. The van der Waals surface area contributed by atoms with E-state index in [9.17, 15) is 14.7 Å². The Morgan fingerprint density at radius 1 is 1.35 bits per heavy atom. The maximum Gasteiger partial charge on any atom is 0.410 e. The van der Waals surface area contributed by atoms with Gasteiger partial charge in [-0.1, -0.05) is 26.0 Å². The second-order valence-electron chi connectivity index (χ2n) is 9.27. The van der Waals surface area contributed by atoms with Gasteiger partial charge < -0.3 is 19.6 Å². The Labute approximate surface area is 191 Å². The first-order valence-electron chi connectivity index (χ1n) is 11.2. The molecule has 1 N–H and O–H groups in total. The Balaban J connectivity index is 2.06. The van der Waals surface area contributed by atoms with Gasteiger partial charge in [0.15, 0.2) is 0 Å². The predicted molar refractivity (Wildman–Crippen MR) is 126 cm³/mol. The molecule has 1 aliphatic heterocycles. The number of phenolic OH excluding ortho intramolecular Hbond substituents is 1. The smallest absolute Gasteiger partial charge is 0.410 e. The zero-order chi connectivity index (χ0) is 23.2. The number of rotatable bonds is 8. The van der Waals surface area contributed by atoms with E-state index >= 15 is 0 Å². The van der Waals surface area contributed by atoms with E-state index in [0.29, 0.717) is 19.5 Å². The minimum atomic E-state index is -0.537. The second kappa shape index (κ2) is 11.1. The Kier molecular flexibility index (Phi) is 9.10. The summed E-state index contributed by atoms with van der Waals surface area (Å²) in [5.41, 5.74) is 0.462. The normalized spacial score (nSPS) is 18.5. The minimum Gasteiger partial charge on any atom is -0.508 e. The van der Waals surface area contributed by atoms with Crippen molar-refractivity contribution in [1.82, 2.24) is 9.80 Å². The maximum absolute atomic E-state index is 13.2. The van der Waals surface area contributed by atoms with Gasteiger partial charge in [0, 0.05) is 37.3 Å². The molecule has 3 unspecified atom stereocenters. The second-order valence-corrected chi connectivity index (χ2v) is 10.7. The number of nitrogens with zero attached hydrogens (tertiary/aromatic N) is 2. The van der Waals surface area contributed by atoms with Crippen molar-refractivity contribution in [2.45, 2.75) is 70.8 Å². The van der Waals surface area contributed by atoms with Crippen LogP contribution >= 0.6 is 11.8 Å². The van der Waals surface area contributed by atoms with Gasteiger partial charge in [-0.15, -0.1) is 0 Å². The van der Waals surface area contributed by atoms with Crippen molar-refractivity contribution in [1.29, 1.82) is 0 Å². The highest BCUT2D eigenvalue weighted by atomic mass is 32.2. The topological polar surface area (TPSA) is 70.1 Å². The predicted octanol–water partition coefficient (Wildman–Crippen LogP) is 4.55. The summed E-state index contributed by atoms with van der Waals surface area (Å²) in [7, 11) is 1.83. The molecule has 1 aromatic rings. The summed E-state index contributed by atoms with van der Waals surface area (Å²) in [6.45, 7) is 11.0. The van der Waals surface area contributed by atoms with Crippen molar-refractivity contribution in [2.75, 3.05) is 25.9 Å². The van der Waals surface area contributed by atoms with Crippen LogP contribution < -0.4 is 0 Å². The fourth-order valence-corrected chi connectivity index (χ4v) is 5.36. The van der Waals surface area contributed by atoms with Gasteiger partial charge in [-0.3, -0.25) is 4.79 Å². The molecule has 0 aliphatic carbocycles. The van der Waals surface area contributed by atoms with Gasteiger partial charge in [0.2, 0.25) is 5.91 Å². The van der Waals surface area contributed by atoms with E-state index in [1.54, 1.807) is 28.8 Å². The molecule has 0 radical (unpaired) electrons. The van der Waals surface area contributed by atoms with E-state index in [0.717, 1.165) is 24.2 Å². The van der Waals surface area contributed by atoms with Crippen molar-refractivity contribution < 1.29 is 19.4 Å². The highest BCUT2D eigenvalue weighted by molar-refractivity contribution is 7.99. The number of likely N-dealkylation sites (tertiary alicyclic amines) is 1. The summed E-state index contributed by atoms with van der Waals surface area (Å²) in [6.07, 6.45) is 2.22. The number of hydrogen-bond donors (Lipinski definition) is 1. The zero-order valence-corrected chi connectivity index (χ0v) is 20.6. The molecular formula is C24H38N2O4S. The van der Waals surface area contributed by atoms with Crippen molar-refractivity contribution >= 4 is 23.8 Å². The average Bonchev–Trinajstić information content (AvgIpc) is 3.17. The van der Waals surface area contributed by atoms with E-state index in [2.05, 4.69) is 6.92 Å². The van der Waals surface area contributed by atoms with Crippen LogP contribution in [0.15, 0.2) is 24.3 Å². The first-order chi connectivity index (χ1) is 14.5. The van der Waals surface area contributed by atoms with Crippen molar-refractivity contribution in [3.8, 4) is 5.75 Å². The molecule has 0 bridgehead atoms.